The van der Waals surface area contributed by atoms with Crippen LogP contribution in [-0.2, 0) is 16.1 Å². The molecule has 0 heterocycles. The van der Waals surface area contributed by atoms with Gasteiger partial charge in [-0.15, -0.1) is 0 Å². The lowest BCUT2D eigenvalue weighted by Crippen LogP contribution is -2.45. The van der Waals surface area contributed by atoms with E-state index in [2.05, 4.69) is 0 Å². The average molecular weight is 278 g/mol. The predicted octanol–water partition coefficient (Wildman–Crippen LogP) is 0.685. The topological polar surface area (TPSA) is 104 Å². The number of phenols is 1. The lowest BCUT2D eigenvalue weighted by atomic mass is 10.1. The second-order valence-electron chi connectivity index (χ2n) is 5.07. The van der Waals surface area contributed by atoms with Gasteiger partial charge in [-0.25, -0.2) is 0 Å². The maximum Gasteiger partial charge on any atom is 0.305 e. The number of carboxylic acids is 1. The van der Waals surface area contributed by atoms with Crippen molar-refractivity contribution in [3.63, 3.8) is 0 Å². The molecule has 1 fully saturated rings. The van der Waals surface area contributed by atoms with Crippen molar-refractivity contribution in [3.8, 4) is 5.75 Å². The first-order valence-electron chi connectivity index (χ1n) is 6.53. The summed E-state index contributed by atoms with van der Waals surface area (Å²) in [7, 11) is 0. The van der Waals surface area contributed by atoms with Crippen LogP contribution in [0.25, 0.3) is 0 Å². The molecule has 0 bridgehead atoms. The number of carbonyl (C=O) groups excluding carboxylic acids is 1. The molecule has 1 aliphatic carbocycles. The SMILES string of the molecule is NC(CC(=O)O)C(=O)N(Cc1cccc(O)c1)C1CC1. The highest BCUT2D eigenvalue weighted by Crippen LogP contribution is 2.29. The van der Waals surface area contributed by atoms with Gasteiger partial charge >= 0.3 is 5.97 Å². The minimum absolute atomic E-state index is 0.129. The molecule has 0 aromatic heterocycles. The number of benzene rings is 1. The lowest BCUT2D eigenvalue weighted by Gasteiger charge is -2.25. The molecular weight excluding hydrogens is 260 g/mol. The normalized spacial score (nSPS) is 15.7. The van der Waals surface area contributed by atoms with Crippen molar-refractivity contribution in [1.82, 2.24) is 4.90 Å². The Kier molecular flexibility index (Phi) is 4.24. The van der Waals surface area contributed by atoms with Crippen LogP contribution in [-0.4, -0.2) is 39.1 Å². The second kappa shape index (κ2) is 5.92. The van der Waals surface area contributed by atoms with Crippen LogP contribution in [0.5, 0.6) is 5.75 Å². The van der Waals surface area contributed by atoms with E-state index >= 15 is 0 Å². The van der Waals surface area contributed by atoms with Crippen molar-refractivity contribution in [1.29, 1.82) is 0 Å². The molecular formula is C14H18N2O4. The smallest absolute Gasteiger partial charge is 0.305 e. The molecule has 1 unspecified atom stereocenters. The van der Waals surface area contributed by atoms with Crippen LogP contribution in [0.4, 0.5) is 0 Å². The summed E-state index contributed by atoms with van der Waals surface area (Å²) in [5.41, 5.74) is 6.45. The third kappa shape index (κ3) is 3.71. The fourth-order valence-electron chi connectivity index (χ4n) is 2.11. The zero-order chi connectivity index (χ0) is 14.7. The van der Waals surface area contributed by atoms with Gasteiger partial charge in [0.15, 0.2) is 0 Å². The van der Waals surface area contributed by atoms with Crippen LogP contribution >= 0.6 is 0 Å². The zero-order valence-corrected chi connectivity index (χ0v) is 11.0. The van der Waals surface area contributed by atoms with Crippen LogP contribution in [0.15, 0.2) is 24.3 Å². The molecule has 0 radical (unpaired) electrons. The monoisotopic (exact) mass is 278 g/mol. The summed E-state index contributed by atoms with van der Waals surface area (Å²) in [6.45, 7) is 0.339. The Morgan fingerprint density at radius 1 is 1.40 bits per heavy atom. The number of hydrogen-bond acceptors (Lipinski definition) is 4. The van der Waals surface area contributed by atoms with E-state index in [-0.39, 0.29) is 24.1 Å². The van der Waals surface area contributed by atoms with Gasteiger partial charge in [-0.2, -0.15) is 0 Å². The Balaban J connectivity index is 2.07. The lowest BCUT2D eigenvalue weighted by molar-refractivity contribution is -0.142. The molecule has 6 heteroatoms. The van der Waals surface area contributed by atoms with Gasteiger partial charge in [-0.3, -0.25) is 9.59 Å². The van der Waals surface area contributed by atoms with Crippen LogP contribution in [0, 0.1) is 0 Å². The number of aliphatic carboxylic acids is 1. The first-order valence-corrected chi connectivity index (χ1v) is 6.53. The largest absolute Gasteiger partial charge is 0.508 e. The van der Waals surface area contributed by atoms with Crippen molar-refractivity contribution in [2.45, 2.75) is 37.9 Å². The van der Waals surface area contributed by atoms with E-state index in [0.29, 0.717) is 6.54 Å². The van der Waals surface area contributed by atoms with E-state index < -0.39 is 12.0 Å². The van der Waals surface area contributed by atoms with Gasteiger partial charge < -0.3 is 20.8 Å². The Morgan fingerprint density at radius 3 is 2.65 bits per heavy atom. The van der Waals surface area contributed by atoms with Crippen LogP contribution in [0.1, 0.15) is 24.8 Å². The molecule has 6 nitrogen and oxygen atoms in total. The summed E-state index contributed by atoms with van der Waals surface area (Å²) in [5, 5.41) is 18.2. The third-order valence-electron chi connectivity index (χ3n) is 3.25. The summed E-state index contributed by atoms with van der Waals surface area (Å²) in [5.74, 6) is -1.29. The summed E-state index contributed by atoms with van der Waals surface area (Å²) in [6, 6.07) is 5.77. The fourth-order valence-corrected chi connectivity index (χ4v) is 2.11. The molecule has 0 aliphatic heterocycles. The van der Waals surface area contributed by atoms with Gasteiger partial charge in [0, 0.05) is 12.6 Å². The van der Waals surface area contributed by atoms with E-state index in [0.717, 1.165) is 18.4 Å². The molecule has 1 saturated carbocycles. The molecule has 2 rings (SSSR count). The Morgan fingerprint density at radius 2 is 2.10 bits per heavy atom. The molecule has 1 amide bonds. The Labute approximate surface area is 116 Å². The number of hydrogen-bond donors (Lipinski definition) is 3. The van der Waals surface area contributed by atoms with Gasteiger partial charge in [-0.1, -0.05) is 12.1 Å². The molecule has 1 aliphatic rings. The number of amides is 1. The molecule has 20 heavy (non-hydrogen) atoms. The van der Waals surface area contributed by atoms with Crippen molar-refractivity contribution in [3.05, 3.63) is 29.8 Å². The number of carboxylic acid groups (broad SMARTS) is 1. The second-order valence-corrected chi connectivity index (χ2v) is 5.07. The third-order valence-corrected chi connectivity index (χ3v) is 3.25. The van der Waals surface area contributed by atoms with E-state index in [4.69, 9.17) is 10.8 Å². The highest BCUT2D eigenvalue weighted by atomic mass is 16.4. The van der Waals surface area contributed by atoms with Crippen LogP contribution < -0.4 is 5.73 Å². The maximum absolute atomic E-state index is 12.2. The molecule has 0 saturated heterocycles. The Bertz CT molecular complexity index is 514. The number of rotatable bonds is 6. The fraction of sp³-hybridized carbons (Fsp3) is 0.429. The summed E-state index contributed by atoms with van der Waals surface area (Å²) in [6.07, 6.45) is 1.44. The van der Waals surface area contributed by atoms with Gasteiger partial charge in [0.05, 0.1) is 12.5 Å². The number of nitrogens with zero attached hydrogens (tertiary/aromatic N) is 1. The van der Waals surface area contributed by atoms with Crippen molar-refractivity contribution in [2.24, 2.45) is 5.73 Å². The number of phenolic OH excluding ortho intramolecular Hbond substituents is 1. The maximum atomic E-state index is 12.2. The zero-order valence-electron chi connectivity index (χ0n) is 11.0. The average Bonchev–Trinajstić information content (AvgIpc) is 3.18. The first-order chi connectivity index (χ1) is 9.47. The quantitative estimate of drug-likeness (QED) is 0.710. The molecule has 108 valence electrons. The molecule has 4 N–H and O–H groups in total. The Hall–Kier alpha value is -2.08. The summed E-state index contributed by atoms with van der Waals surface area (Å²) in [4.78, 5) is 24.5. The highest BCUT2D eigenvalue weighted by Gasteiger charge is 2.35. The van der Waals surface area contributed by atoms with Crippen molar-refractivity contribution >= 4 is 11.9 Å². The predicted molar refractivity (Wildman–Crippen MR) is 71.9 cm³/mol. The van der Waals surface area contributed by atoms with Gasteiger partial charge in [0.25, 0.3) is 0 Å². The minimum Gasteiger partial charge on any atom is -0.508 e. The van der Waals surface area contributed by atoms with Gasteiger partial charge in [0.2, 0.25) is 5.91 Å². The van der Waals surface area contributed by atoms with Gasteiger partial charge in [0.1, 0.15) is 5.75 Å². The van der Waals surface area contributed by atoms with Crippen molar-refractivity contribution in [2.75, 3.05) is 0 Å². The standard InChI is InChI=1S/C14H18N2O4/c15-12(7-13(18)19)14(20)16(10-4-5-10)8-9-2-1-3-11(17)6-9/h1-3,6,10,12,17H,4-5,7-8,15H2,(H,18,19). The van der Waals surface area contributed by atoms with E-state index in [1.165, 1.54) is 0 Å². The van der Waals surface area contributed by atoms with Crippen molar-refractivity contribution < 1.29 is 19.8 Å². The van der Waals surface area contributed by atoms with E-state index in [1.54, 1.807) is 23.1 Å². The highest BCUT2D eigenvalue weighted by molar-refractivity contribution is 5.86. The molecule has 1 aromatic carbocycles. The number of aromatic hydroxyl groups is 1. The number of carbonyl (C=O) groups is 2. The number of nitrogens with two attached hydrogens (primary N) is 1. The summed E-state index contributed by atoms with van der Waals surface area (Å²) >= 11 is 0. The van der Waals surface area contributed by atoms with Crippen LogP contribution in [0.2, 0.25) is 0 Å². The molecule has 0 spiro atoms. The van der Waals surface area contributed by atoms with E-state index in [1.807, 2.05) is 6.07 Å². The first kappa shape index (κ1) is 14.3. The van der Waals surface area contributed by atoms with Gasteiger partial charge in [-0.05, 0) is 30.5 Å². The minimum atomic E-state index is -1.08. The van der Waals surface area contributed by atoms with Crippen LogP contribution in [0.3, 0.4) is 0 Å². The van der Waals surface area contributed by atoms with E-state index in [9.17, 15) is 14.7 Å². The molecule has 1 aromatic rings. The summed E-state index contributed by atoms with van der Waals surface area (Å²) < 4.78 is 0. The molecule has 1 atom stereocenters.